The zero-order chi connectivity index (χ0) is 15.2. The van der Waals surface area contributed by atoms with Gasteiger partial charge in [0, 0.05) is 24.0 Å². The topological polar surface area (TPSA) is 63.2 Å². The minimum atomic E-state index is -0.307. The van der Waals surface area contributed by atoms with Gasteiger partial charge in [-0.15, -0.1) is 11.3 Å². The second-order valence-corrected chi connectivity index (χ2v) is 5.76. The Bertz CT molecular complexity index is 604. The molecule has 7 heteroatoms. The molecule has 2 amide bonds. The maximum atomic E-state index is 11.9. The molecule has 0 aliphatic rings. The van der Waals surface area contributed by atoms with Crippen molar-refractivity contribution in [2.45, 2.75) is 12.8 Å². The van der Waals surface area contributed by atoms with Crippen molar-refractivity contribution in [2.24, 2.45) is 0 Å². The maximum Gasteiger partial charge on any atom is 0.319 e. The molecule has 0 bridgehead atoms. The SMILES string of the molecule is COc1c(Cl)cccc1NC(=O)NCC(C)c1nccs1. The highest BCUT2D eigenvalue weighted by atomic mass is 35.5. The number of methoxy groups -OCH3 is 1. The Labute approximate surface area is 132 Å². The number of nitrogens with zero attached hydrogens (tertiary/aromatic N) is 1. The zero-order valence-corrected chi connectivity index (χ0v) is 13.3. The second-order valence-electron chi connectivity index (χ2n) is 4.43. The van der Waals surface area contributed by atoms with E-state index < -0.39 is 0 Å². The van der Waals surface area contributed by atoms with Crippen LogP contribution in [-0.4, -0.2) is 24.7 Å². The zero-order valence-electron chi connectivity index (χ0n) is 11.7. The first-order valence-electron chi connectivity index (χ1n) is 6.38. The van der Waals surface area contributed by atoms with E-state index in [0.717, 1.165) is 5.01 Å². The van der Waals surface area contributed by atoms with Gasteiger partial charge in [-0.2, -0.15) is 0 Å². The monoisotopic (exact) mass is 325 g/mol. The maximum absolute atomic E-state index is 11.9. The number of thiazole rings is 1. The fourth-order valence-electron chi connectivity index (χ4n) is 1.79. The smallest absolute Gasteiger partial charge is 0.319 e. The summed E-state index contributed by atoms with van der Waals surface area (Å²) in [5, 5.41) is 8.90. The highest BCUT2D eigenvalue weighted by Gasteiger charge is 2.12. The fraction of sp³-hybridized carbons (Fsp3) is 0.286. The Kier molecular flexibility index (Phi) is 5.41. The molecule has 0 saturated carbocycles. The number of aromatic nitrogens is 1. The van der Waals surface area contributed by atoms with E-state index in [2.05, 4.69) is 15.6 Å². The highest BCUT2D eigenvalue weighted by Crippen LogP contribution is 2.32. The van der Waals surface area contributed by atoms with Gasteiger partial charge in [0.25, 0.3) is 0 Å². The average Bonchev–Trinajstić information content (AvgIpc) is 2.99. The highest BCUT2D eigenvalue weighted by molar-refractivity contribution is 7.09. The predicted octanol–water partition coefficient (Wildman–Crippen LogP) is 3.73. The van der Waals surface area contributed by atoms with E-state index in [1.807, 2.05) is 12.3 Å². The summed E-state index contributed by atoms with van der Waals surface area (Å²) in [7, 11) is 1.51. The number of para-hydroxylation sites is 1. The Morgan fingerprint density at radius 1 is 1.52 bits per heavy atom. The first-order valence-corrected chi connectivity index (χ1v) is 7.64. The van der Waals surface area contributed by atoms with Crippen molar-refractivity contribution >= 4 is 34.7 Å². The van der Waals surface area contributed by atoms with Gasteiger partial charge in [0.05, 0.1) is 22.8 Å². The van der Waals surface area contributed by atoms with Crippen molar-refractivity contribution in [3.05, 3.63) is 39.8 Å². The van der Waals surface area contributed by atoms with Gasteiger partial charge in [0.15, 0.2) is 5.75 Å². The quantitative estimate of drug-likeness (QED) is 0.880. The minimum Gasteiger partial charge on any atom is -0.493 e. The molecular formula is C14H16ClN3O2S. The van der Waals surface area contributed by atoms with E-state index in [-0.39, 0.29) is 11.9 Å². The number of carbonyl (C=O) groups is 1. The van der Waals surface area contributed by atoms with Crippen LogP contribution < -0.4 is 15.4 Å². The molecule has 1 unspecified atom stereocenters. The molecule has 0 fully saturated rings. The van der Waals surface area contributed by atoms with E-state index >= 15 is 0 Å². The lowest BCUT2D eigenvalue weighted by atomic mass is 10.2. The van der Waals surface area contributed by atoms with Gasteiger partial charge in [-0.1, -0.05) is 24.6 Å². The number of amides is 2. The molecule has 1 atom stereocenters. The van der Waals surface area contributed by atoms with E-state index in [1.165, 1.54) is 7.11 Å². The number of carbonyl (C=O) groups excluding carboxylic acids is 1. The number of nitrogens with one attached hydrogen (secondary N) is 2. The van der Waals surface area contributed by atoms with Gasteiger partial charge in [-0.05, 0) is 12.1 Å². The summed E-state index contributed by atoms with van der Waals surface area (Å²) < 4.78 is 5.18. The molecule has 2 aromatic rings. The van der Waals surface area contributed by atoms with Gasteiger partial charge in [-0.25, -0.2) is 9.78 Å². The Hall–Kier alpha value is -1.79. The van der Waals surface area contributed by atoms with Gasteiger partial charge >= 0.3 is 6.03 Å². The largest absolute Gasteiger partial charge is 0.493 e. The summed E-state index contributed by atoms with van der Waals surface area (Å²) in [5.41, 5.74) is 0.532. The van der Waals surface area contributed by atoms with Crippen molar-refractivity contribution in [3.63, 3.8) is 0 Å². The molecule has 1 heterocycles. The van der Waals surface area contributed by atoms with E-state index in [4.69, 9.17) is 16.3 Å². The van der Waals surface area contributed by atoms with Crippen LogP contribution >= 0.6 is 22.9 Å². The van der Waals surface area contributed by atoms with Crippen molar-refractivity contribution in [1.29, 1.82) is 0 Å². The molecule has 0 saturated heterocycles. The minimum absolute atomic E-state index is 0.164. The Morgan fingerprint density at radius 2 is 2.33 bits per heavy atom. The molecule has 5 nitrogen and oxygen atoms in total. The van der Waals surface area contributed by atoms with Gasteiger partial charge in [-0.3, -0.25) is 0 Å². The molecule has 2 rings (SSSR count). The molecular weight excluding hydrogens is 310 g/mol. The van der Waals surface area contributed by atoms with Crippen LogP contribution in [0.5, 0.6) is 5.75 Å². The Balaban J connectivity index is 1.92. The summed E-state index contributed by atoms with van der Waals surface area (Å²) in [5.74, 6) is 0.610. The van der Waals surface area contributed by atoms with Crippen LogP contribution in [0.1, 0.15) is 17.8 Å². The van der Waals surface area contributed by atoms with Crippen LogP contribution in [0, 0.1) is 0 Å². The summed E-state index contributed by atoms with van der Waals surface area (Å²) in [4.78, 5) is 16.2. The van der Waals surface area contributed by atoms with Crippen LogP contribution in [0.25, 0.3) is 0 Å². The van der Waals surface area contributed by atoms with Crippen molar-refractivity contribution < 1.29 is 9.53 Å². The molecule has 0 spiro atoms. The third kappa shape index (κ3) is 4.09. The van der Waals surface area contributed by atoms with Crippen LogP contribution in [0.2, 0.25) is 5.02 Å². The molecule has 112 valence electrons. The predicted molar refractivity (Wildman–Crippen MR) is 85.6 cm³/mol. The average molecular weight is 326 g/mol. The first kappa shape index (κ1) is 15.6. The van der Waals surface area contributed by atoms with E-state index in [1.54, 1.807) is 35.7 Å². The van der Waals surface area contributed by atoms with E-state index in [9.17, 15) is 4.79 Å². The molecule has 2 N–H and O–H groups in total. The number of urea groups is 1. The van der Waals surface area contributed by atoms with Crippen LogP contribution in [0.4, 0.5) is 10.5 Å². The standard InChI is InChI=1S/C14H16ClN3O2S/c1-9(13-16-6-7-21-13)8-17-14(19)18-11-5-3-4-10(15)12(11)20-2/h3-7,9H,8H2,1-2H3,(H2,17,18,19). The van der Waals surface area contributed by atoms with Gasteiger partial charge in [0.2, 0.25) is 0 Å². The van der Waals surface area contributed by atoms with Crippen molar-refractivity contribution in [1.82, 2.24) is 10.3 Å². The van der Waals surface area contributed by atoms with Crippen molar-refractivity contribution in [3.8, 4) is 5.75 Å². The summed E-state index contributed by atoms with van der Waals surface area (Å²) in [6.45, 7) is 2.52. The molecule has 1 aromatic carbocycles. The normalized spacial score (nSPS) is 11.8. The summed E-state index contributed by atoms with van der Waals surface area (Å²) >= 11 is 7.58. The van der Waals surface area contributed by atoms with Crippen LogP contribution in [-0.2, 0) is 0 Å². The number of halogens is 1. The van der Waals surface area contributed by atoms with Crippen LogP contribution in [0.15, 0.2) is 29.8 Å². The lowest BCUT2D eigenvalue weighted by Crippen LogP contribution is -2.31. The second kappa shape index (κ2) is 7.28. The number of benzene rings is 1. The number of ether oxygens (including phenoxy) is 1. The number of hydrogen-bond donors (Lipinski definition) is 2. The van der Waals surface area contributed by atoms with Gasteiger partial charge < -0.3 is 15.4 Å². The Morgan fingerprint density at radius 3 is 3.00 bits per heavy atom. The molecule has 0 aliphatic heterocycles. The molecule has 0 radical (unpaired) electrons. The third-order valence-electron chi connectivity index (χ3n) is 2.86. The van der Waals surface area contributed by atoms with Gasteiger partial charge in [0.1, 0.15) is 0 Å². The van der Waals surface area contributed by atoms with Crippen LogP contribution in [0.3, 0.4) is 0 Å². The first-order chi connectivity index (χ1) is 10.1. The number of rotatable bonds is 5. The van der Waals surface area contributed by atoms with E-state index in [0.29, 0.717) is 23.0 Å². The number of anilines is 1. The molecule has 0 aliphatic carbocycles. The summed E-state index contributed by atoms with van der Waals surface area (Å²) in [6, 6.07) is 4.88. The third-order valence-corrected chi connectivity index (χ3v) is 4.17. The lowest BCUT2D eigenvalue weighted by molar-refractivity contribution is 0.251. The molecule has 1 aromatic heterocycles. The fourth-order valence-corrected chi connectivity index (χ4v) is 2.74. The number of hydrogen-bond acceptors (Lipinski definition) is 4. The lowest BCUT2D eigenvalue weighted by Gasteiger charge is -2.13. The summed E-state index contributed by atoms with van der Waals surface area (Å²) in [6.07, 6.45) is 1.76. The molecule has 21 heavy (non-hydrogen) atoms. The van der Waals surface area contributed by atoms with Crippen molar-refractivity contribution in [2.75, 3.05) is 19.0 Å².